The molecule has 8 aliphatic rings. The molecule has 1 saturated heterocycles. The van der Waals surface area contributed by atoms with Crippen LogP contribution in [0.2, 0.25) is 0 Å². The van der Waals surface area contributed by atoms with Crippen LogP contribution in [-0.2, 0) is 103 Å². The number of hydrogen-bond acceptors (Lipinski definition) is 18. The predicted octanol–water partition coefficient (Wildman–Crippen LogP) is 18.6. The number of nitriles is 1. The molecule has 6 amide bonds. The third-order valence-corrected chi connectivity index (χ3v) is 30.0. The van der Waals surface area contributed by atoms with Gasteiger partial charge in [-0.15, -0.1) is 0 Å². The van der Waals surface area contributed by atoms with Crippen LogP contribution in [0.15, 0.2) is 169 Å². The molecule has 20 rings (SSSR count). The Hall–Kier alpha value is -14.2. The Kier molecular flexibility index (Phi) is 30.0. The molecule has 9 atom stereocenters. The number of aliphatic carboxylic acids is 2. The first-order valence-electron chi connectivity index (χ1n) is 49.6. The molecular formula is C109H126N16O15. The standard InChI is InChI=1S/C28H34N6O5.C27H30N4O2.2C27H31N3O4/c1-18-7-8-21-22(34(18)28(38)39-3)9-10-23-27(21)30-24(12-15-31-13-5-4-6-25(31)36)33(23)17-26(37)32-14-11-20(16-32)29-19(2)35;1-18-8-13-22-23(30(18)27(32)33-2)14-15-24-26(22)29-25(16-19-6-4-3-5-7-19)31(24)21-11-9-20(17-28)10-12-21;2*1-17-11-12-21-22(29(17)27(33)34-2)13-14-23-25(21)28-24(15-18-7-4-3-5-8-18)30(23)20-10-6-9-19(16-20)26(31)32/h4-6,9-10,13,18,20H,7-8,11-12,14-17H2,1-3H3,(H,29,35);3-7,14-15,18,20-21H,8-13,16H2,1-2H3;2*3-5,7-8,13-14,17,19-20H,6,9-12,15-16H2,1-2H3,(H,31,32)/t18-,20+;18-,20?,21?;17-,19+,20+;17-,19-,20-/m0000/s1. The Labute approximate surface area is 814 Å². The zero-order valence-corrected chi connectivity index (χ0v) is 81.4. The highest BCUT2D eigenvalue weighted by Gasteiger charge is 2.41. The van der Waals surface area contributed by atoms with Crippen molar-refractivity contribution >= 4 is 115 Å². The maximum atomic E-state index is 13.4. The van der Waals surface area contributed by atoms with Gasteiger partial charge in [0, 0.05) is 141 Å². The van der Waals surface area contributed by atoms with Crippen molar-refractivity contribution in [2.24, 2.45) is 17.8 Å². The Morgan fingerprint density at radius 2 is 0.793 bits per heavy atom. The number of carbonyl (C=O) groups is 8. The summed E-state index contributed by atoms with van der Waals surface area (Å²) >= 11 is 0. The lowest BCUT2D eigenvalue weighted by Gasteiger charge is -2.34. The molecule has 0 bridgehead atoms. The number of carbonyl (C=O) groups excluding carboxylic acids is 6. The molecule has 0 radical (unpaired) electrons. The highest BCUT2D eigenvalue weighted by molar-refractivity contribution is 6.00. The molecule has 12 aromatic rings. The first-order chi connectivity index (χ1) is 67.8. The lowest BCUT2D eigenvalue weighted by atomic mass is 9.85. The molecular weight excluding hydrogens is 1770 g/mol. The quantitative estimate of drug-likeness (QED) is 0.0713. The minimum Gasteiger partial charge on any atom is -0.481 e. The molecule has 0 unspecified atom stereocenters. The molecule has 3 saturated carbocycles. The van der Waals surface area contributed by atoms with Crippen LogP contribution in [0.3, 0.4) is 0 Å². The van der Waals surface area contributed by atoms with Crippen molar-refractivity contribution in [3.8, 4) is 6.07 Å². The van der Waals surface area contributed by atoms with Crippen LogP contribution in [0.25, 0.3) is 44.1 Å². The highest BCUT2D eigenvalue weighted by Crippen LogP contribution is 2.47. The Balaban J connectivity index is 0.000000129. The number of benzene rings is 7. The Morgan fingerprint density at radius 1 is 0.429 bits per heavy atom. The fourth-order valence-electron chi connectivity index (χ4n) is 22.8. The van der Waals surface area contributed by atoms with E-state index in [-0.39, 0.29) is 102 Å². The van der Waals surface area contributed by atoms with Crippen molar-refractivity contribution in [1.29, 1.82) is 5.26 Å². The summed E-state index contributed by atoms with van der Waals surface area (Å²) in [6, 6.07) is 55.2. The molecule has 4 fully saturated rings. The topological polar surface area (TPSA) is 359 Å². The van der Waals surface area contributed by atoms with E-state index in [1.54, 1.807) is 41.3 Å². The van der Waals surface area contributed by atoms with E-state index in [1.807, 2.05) is 110 Å². The number of carboxylic acids is 2. The summed E-state index contributed by atoms with van der Waals surface area (Å²) in [4.78, 5) is 140. The molecule has 10 heterocycles. The second-order valence-corrected chi connectivity index (χ2v) is 38.8. The minimum absolute atomic E-state index is 0.0118. The lowest BCUT2D eigenvalue weighted by molar-refractivity contribution is -0.144. The molecule has 732 valence electrons. The monoisotopic (exact) mass is 1900 g/mol. The van der Waals surface area contributed by atoms with Crippen LogP contribution in [-0.4, -0.2) is 178 Å². The highest BCUT2D eigenvalue weighted by atomic mass is 16.6. The number of nitrogens with zero attached hydrogens (tertiary/aromatic N) is 15. The van der Waals surface area contributed by atoms with Crippen LogP contribution < -0.4 is 30.5 Å². The van der Waals surface area contributed by atoms with E-state index in [1.165, 1.54) is 58.1 Å². The molecule has 31 heteroatoms. The Bertz CT molecular complexity index is 6520. The minimum atomic E-state index is -0.709. The van der Waals surface area contributed by atoms with Crippen LogP contribution in [0.4, 0.5) is 41.9 Å². The van der Waals surface area contributed by atoms with Gasteiger partial charge in [-0.05, 0) is 221 Å². The summed E-state index contributed by atoms with van der Waals surface area (Å²) in [5, 5.41) is 31.6. The number of aromatic nitrogens is 9. The maximum absolute atomic E-state index is 13.4. The average molecular weight is 1900 g/mol. The molecule has 5 aromatic heterocycles. The Morgan fingerprint density at radius 3 is 1.16 bits per heavy atom. The number of imidazole rings is 4. The fraction of sp³-hybridized carbons (Fsp3) is 0.450. The fourth-order valence-corrected chi connectivity index (χ4v) is 22.8. The van der Waals surface area contributed by atoms with E-state index < -0.39 is 18.0 Å². The summed E-state index contributed by atoms with van der Waals surface area (Å²) in [7, 11) is 5.64. The van der Waals surface area contributed by atoms with E-state index in [2.05, 4.69) is 92.7 Å². The lowest BCUT2D eigenvalue weighted by Crippen LogP contribution is -2.42. The van der Waals surface area contributed by atoms with Gasteiger partial charge in [-0.1, -0.05) is 110 Å². The first kappa shape index (κ1) is 97.5. The zero-order chi connectivity index (χ0) is 98.3. The number of aryl methyl sites for hydroxylation is 6. The van der Waals surface area contributed by atoms with Crippen molar-refractivity contribution in [2.45, 2.75) is 257 Å². The van der Waals surface area contributed by atoms with Crippen LogP contribution in [0.1, 0.15) is 224 Å². The number of fused-ring (bicyclic) bond motifs is 12. The third-order valence-electron chi connectivity index (χ3n) is 30.0. The van der Waals surface area contributed by atoms with Gasteiger partial charge in [-0.25, -0.2) is 39.1 Å². The number of methoxy groups -OCH3 is 4. The van der Waals surface area contributed by atoms with Gasteiger partial charge in [0.25, 0.3) is 5.56 Å². The SMILES string of the molecule is COC(=O)N1c2ccc3c(nc(CCn4ccccc4=O)n3CC(=O)N3CC[C@@H](NC(C)=O)C3)c2CC[C@@H]1C.COC(=O)N1c2ccc3c(nc(Cc4ccccc4)n3C3CCC(C#N)CC3)c2CC[C@@H]1C.COC(=O)N1c2ccc3c(nc(Cc4ccccc4)n3[C@@H]3CCC[C@@H](C(=O)O)C3)c2CC[C@@H]1C.COC(=O)N1c2ccc3c(nc(Cc4ccccc4)n3[C@H]3CCC[C@H](C(=O)O)C3)c2CC[C@@H]1C. The van der Waals surface area contributed by atoms with Crippen LogP contribution in [0, 0.1) is 29.1 Å². The summed E-state index contributed by atoms with van der Waals surface area (Å²) in [5.41, 5.74) is 18.7. The van der Waals surface area contributed by atoms with Crippen LogP contribution in [0.5, 0.6) is 0 Å². The van der Waals surface area contributed by atoms with Crippen molar-refractivity contribution < 1.29 is 67.5 Å². The third kappa shape index (κ3) is 20.4. The number of pyridine rings is 1. The predicted molar refractivity (Wildman–Crippen MR) is 534 cm³/mol. The number of carboxylic acid groups (broad SMARTS) is 2. The van der Waals surface area contributed by atoms with E-state index in [9.17, 15) is 58.6 Å². The molecule has 7 aromatic carbocycles. The summed E-state index contributed by atoms with van der Waals surface area (Å²) in [5.74, 6) is 1.60. The van der Waals surface area contributed by atoms with Gasteiger partial charge >= 0.3 is 36.3 Å². The van der Waals surface area contributed by atoms with Crippen molar-refractivity contribution in [3.63, 3.8) is 0 Å². The number of rotatable bonds is 17. The van der Waals surface area contributed by atoms with Gasteiger partial charge in [0.1, 0.15) is 29.8 Å². The van der Waals surface area contributed by atoms with E-state index in [0.717, 1.165) is 235 Å². The van der Waals surface area contributed by atoms with Crippen LogP contribution >= 0.6 is 0 Å². The van der Waals surface area contributed by atoms with Gasteiger partial charge in [0.15, 0.2) is 0 Å². The van der Waals surface area contributed by atoms with E-state index in [4.69, 9.17) is 38.9 Å². The summed E-state index contributed by atoms with van der Waals surface area (Å²) < 4.78 is 30.8. The van der Waals surface area contributed by atoms with Gasteiger partial charge in [-0.3, -0.25) is 43.6 Å². The summed E-state index contributed by atoms with van der Waals surface area (Å²) in [6.45, 7) is 11.2. The van der Waals surface area contributed by atoms with Gasteiger partial charge in [-0.2, -0.15) is 5.26 Å². The van der Waals surface area contributed by atoms with Gasteiger partial charge in [0.05, 0.1) is 113 Å². The number of hydrogen-bond donors (Lipinski definition) is 3. The number of anilines is 4. The zero-order valence-electron chi connectivity index (χ0n) is 81.4. The second-order valence-electron chi connectivity index (χ2n) is 38.8. The largest absolute Gasteiger partial charge is 0.481 e. The van der Waals surface area contributed by atoms with E-state index in [0.29, 0.717) is 63.6 Å². The average Bonchev–Trinajstić information content (AvgIpc) is 1.51. The van der Waals surface area contributed by atoms with Crippen molar-refractivity contribution in [3.05, 3.63) is 237 Å². The molecule has 3 N–H and O–H groups in total. The molecule has 140 heavy (non-hydrogen) atoms. The normalized spacial score (nSPS) is 21.4. The number of nitrogens with one attached hydrogen (secondary N) is 1. The number of ether oxygens (including phenoxy) is 4. The number of likely N-dealkylation sites (tertiary alicyclic amines) is 1. The molecule has 3 aliphatic carbocycles. The van der Waals surface area contributed by atoms with Crippen molar-refractivity contribution in [2.75, 3.05) is 61.1 Å². The first-order valence-corrected chi connectivity index (χ1v) is 49.6. The second kappa shape index (κ2) is 43.1. The van der Waals surface area contributed by atoms with E-state index >= 15 is 0 Å². The number of amides is 6. The van der Waals surface area contributed by atoms with Gasteiger partial charge in [0.2, 0.25) is 11.8 Å². The van der Waals surface area contributed by atoms with Gasteiger partial charge < -0.3 is 62.2 Å². The maximum Gasteiger partial charge on any atom is 0.414 e. The summed E-state index contributed by atoms with van der Waals surface area (Å²) in [6.07, 6.45) is 20.5. The van der Waals surface area contributed by atoms with Crippen molar-refractivity contribution in [1.82, 2.24) is 53.0 Å². The smallest absolute Gasteiger partial charge is 0.414 e. The molecule has 5 aliphatic heterocycles. The molecule has 0 spiro atoms. The molecule has 31 nitrogen and oxygen atoms in total.